The van der Waals surface area contributed by atoms with Gasteiger partial charge >= 0.3 is 5.97 Å². The van der Waals surface area contributed by atoms with Gasteiger partial charge in [-0.3, -0.25) is 9.59 Å². The summed E-state index contributed by atoms with van der Waals surface area (Å²) in [5.41, 5.74) is 1.12. The van der Waals surface area contributed by atoms with Crippen molar-refractivity contribution in [3.8, 4) is 0 Å². The fraction of sp³-hybridized carbons (Fsp3) is 0.611. The summed E-state index contributed by atoms with van der Waals surface area (Å²) < 4.78 is 5.28. The Hall–Kier alpha value is -1.89. The largest absolute Gasteiger partial charge is 0.452 e. The summed E-state index contributed by atoms with van der Waals surface area (Å²) in [5, 5.41) is 3.14. The van der Waals surface area contributed by atoms with E-state index in [0.717, 1.165) is 42.7 Å². The average molecular weight is 366 g/mol. The third kappa shape index (κ3) is 4.60. The Morgan fingerprint density at radius 3 is 2.64 bits per heavy atom. The highest BCUT2D eigenvalue weighted by Gasteiger charge is 2.27. The number of aryl methyl sites for hydroxylation is 1. The van der Waals surface area contributed by atoms with E-state index < -0.39 is 5.97 Å². The van der Waals surface area contributed by atoms with Crippen LogP contribution in [-0.4, -0.2) is 41.9 Å². The SMILES string of the molecule is CCC1CCCCN1C(=O)COC(=O)c1c(NC(C)=O)sc(C)c1C. The molecular weight excluding hydrogens is 340 g/mol. The number of thiophene rings is 1. The standard InChI is InChI=1S/C18H26N2O4S/c1-5-14-8-6-7-9-20(14)15(22)10-24-18(23)16-11(2)12(3)25-17(16)19-13(4)21/h14H,5-10H2,1-4H3,(H,19,21). The van der Waals surface area contributed by atoms with Gasteiger partial charge in [-0.2, -0.15) is 0 Å². The van der Waals surface area contributed by atoms with Crippen molar-refractivity contribution in [1.82, 2.24) is 4.90 Å². The van der Waals surface area contributed by atoms with E-state index in [-0.39, 0.29) is 24.5 Å². The van der Waals surface area contributed by atoms with Crippen molar-refractivity contribution in [3.63, 3.8) is 0 Å². The first kappa shape index (κ1) is 19.4. The first-order valence-electron chi connectivity index (χ1n) is 8.69. The number of nitrogens with one attached hydrogen (secondary N) is 1. The first-order chi connectivity index (χ1) is 11.8. The number of likely N-dealkylation sites (tertiary alicyclic amines) is 1. The normalized spacial score (nSPS) is 17.3. The van der Waals surface area contributed by atoms with Crippen LogP contribution in [0.15, 0.2) is 0 Å². The minimum absolute atomic E-state index is 0.148. The molecule has 0 radical (unpaired) electrons. The third-order valence-electron chi connectivity index (χ3n) is 4.62. The summed E-state index contributed by atoms with van der Waals surface area (Å²) in [5.74, 6) is -0.958. The minimum Gasteiger partial charge on any atom is -0.452 e. The summed E-state index contributed by atoms with van der Waals surface area (Å²) in [7, 11) is 0. The van der Waals surface area contributed by atoms with Gasteiger partial charge in [-0.1, -0.05) is 6.92 Å². The number of piperidine rings is 1. The molecule has 0 spiro atoms. The number of anilines is 1. The zero-order valence-electron chi connectivity index (χ0n) is 15.3. The molecule has 2 heterocycles. The number of ether oxygens (including phenoxy) is 1. The highest BCUT2D eigenvalue weighted by atomic mass is 32.1. The van der Waals surface area contributed by atoms with Gasteiger partial charge in [0.1, 0.15) is 5.00 Å². The maximum Gasteiger partial charge on any atom is 0.341 e. The molecule has 1 aliphatic rings. The molecule has 6 nitrogen and oxygen atoms in total. The average Bonchev–Trinajstić information content (AvgIpc) is 2.85. The Bertz CT molecular complexity index is 668. The van der Waals surface area contributed by atoms with Gasteiger partial charge in [0.15, 0.2) is 6.61 Å². The van der Waals surface area contributed by atoms with Crippen molar-refractivity contribution in [2.45, 2.75) is 59.4 Å². The van der Waals surface area contributed by atoms with Crippen molar-refractivity contribution < 1.29 is 19.1 Å². The van der Waals surface area contributed by atoms with Gasteiger partial charge in [0.2, 0.25) is 5.91 Å². The number of hydrogen-bond donors (Lipinski definition) is 1. The molecule has 1 N–H and O–H groups in total. The maximum atomic E-state index is 12.5. The quantitative estimate of drug-likeness (QED) is 0.812. The lowest BCUT2D eigenvalue weighted by atomic mass is 10.00. The number of carbonyl (C=O) groups excluding carboxylic acids is 3. The molecule has 0 saturated carbocycles. The van der Waals surface area contributed by atoms with Gasteiger partial charge < -0.3 is 15.0 Å². The number of nitrogens with zero attached hydrogens (tertiary/aromatic N) is 1. The predicted molar refractivity (Wildman–Crippen MR) is 98.0 cm³/mol. The Morgan fingerprint density at radius 2 is 2.00 bits per heavy atom. The summed E-state index contributed by atoms with van der Waals surface area (Å²) in [6.45, 7) is 7.62. The van der Waals surface area contributed by atoms with E-state index >= 15 is 0 Å². The van der Waals surface area contributed by atoms with Crippen LogP contribution >= 0.6 is 11.3 Å². The van der Waals surface area contributed by atoms with Crippen LogP contribution in [-0.2, 0) is 14.3 Å². The second-order valence-corrected chi connectivity index (χ2v) is 7.61. The molecule has 1 saturated heterocycles. The van der Waals surface area contributed by atoms with E-state index in [4.69, 9.17) is 4.74 Å². The summed E-state index contributed by atoms with van der Waals surface area (Å²) in [6, 6.07) is 0.236. The van der Waals surface area contributed by atoms with Crippen LogP contribution in [0.3, 0.4) is 0 Å². The Labute approximate surface area is 152 Å². The van der Waals surface area contributed by atoms with Gasteiger partial charge in [-0.15, -0.1) is 11.3 Å². The molecule has 138 valence electrons. The van der Waals surface area contributed by atoms with Crippen LogP contribution in [0.1, 0.15) is 60.3 Å². The molecule has 0 aliphatic carbocycles. The van der Waals surface area contributed by atoms with Crippen LogP contribution < -0.4 is 5.32 Å². The van der Waals surface area contributed by atoms with Gasteiger partial charge in [0.05, 0.1) is 5.56 Å². The van der Waals surface area contributed by atoms with Crippen molar-refractivity contribution in [3.05, 3.63) is 16.0 Å². The highest BCUT2D eigenvalue weighted by molar-refractivity contribution is 7.16. The molecule has 2 rings (SSSR count). The minimum atomic E-state index is -0.566. The number of carbonyl (C=O) groups is 3. The smallest absolute Gasteiger partial charge is 0.341 e. The molecule has 1 aromatic rings. The molecule has 1 aromatic heterocycles. The Morgan fingerprint density at radius 1 is 1.28 bits per heavy atom. The van der Waals surface area contributed by atoms with Crippen molar-refractivity contribution in [1.29, 1.82) is 0 Å². The van der Waals surface area contributed by atoms with E-state index in [2.05, 4.69) is 12.2 Å². The number of amides is 2. The second-order valence-electron chi connectivity index (χ2n) is 6.39. The van der Waals surface area contributed by atoms with Gasteiger partial charge in [-0.05, 0) is 45.1 Å². The summed E-state index contributed by atoms with van der Waals surface area (Å²) in [4.78, 5) is 39.0. The molecule has 7 heteroatoms. The van der Waals surface area contributed by atoms with Gasteiger partial charge in [-0.25, -0.2) is 4.79 Å². The number of rotatable bonds is 5. The highest BCUT2D eigenvalue weighted by Crippen LogP contribution is 2.33. The molecular formula is C18H26N2O4S. The lowest BCUT2D eigenvalue weighted by molar-refractivity contribution is -0.138. The van der Waals surface area contributed by atoms with Crippen LogP contribution in [0, 0.1) is 13.8 Å². The van der Waals surface area contributed by atoms with Crippen LogP contribution in [0.5, 0.6) is 0 Å². The molecule has 0 aromatic carbocycles. The first-order valence-corrected chi connectivity index (χ1v) is 9.51. The Balaban J connectivity index is 2.05. The van der Waals surface area contributed by atoms with E-state index in [0.29, 0.717) is 10.6 Å². The summed E-state index contributed by atoms with van der Waals surface area (Å²) in [6.07, 6.45) is 4.04. The molecule has 2 amide bonds. The monoisotopic (exact) mass is 366 g/mol. The van der Waals surface area contributed by atoms with Gasteiger partial charge in [0.25, 0.3) is 5.91 Å². The van der Waals surface area contributed by atoms with Crippen LogP contribution in [0.2, 0.25) is 0 Å². The zero-order chi connectivity index (χ0) is 18.6. The van der Waals surface area contributed by atoms with E-state index in [1.165, 1.54) is 18.3 Å². The molecule has 25 heavy (non-hydrogen) atoms. The fourth-order valence-electron chi connectivity index (χ4n) is 3.16. The molecule has 1 aliphatic heterocycles. The van der Waals surface area contributed by atoms with E-state index in [1.54, 1.807) is 0 Å². The zero-order valence-corrected chi connectivity index (χ0v) is 16.1. The van der Waals surface area contributed by atoms with Gasteiger partial charge in [0, 0.05) is 24.4 Å². The summed E-state index contributed by atoms with van der Waals surface area (Å²) >= 11 is 1.34. The second kappa shape index (κ2) is 8.47. The fourth-order valence-corrected chi connectivity index (χ4v) is 4.25. The number of esters is 1. The maximum absolute atomic E-state index is 12.5. The van der Waals surface area contributed by atoms with Crippen LogP contribution in [0.4, 0.5) is 5.00 Å². The van der Waals surface area contributed by atoms with Crippen molar-refractivity contribution in [2.75, 3.05) is 18.5 Å². The topological polar surface area (TPSA) is 75.7 Å². The molecule has 0 bridgehead atoms. The van der Waals surface area contributed by atoms with E-state index in [9.17, 15) is 14.4 Å². The van der Waals surface area contributed by atoms with E-state index in [1.807, 2.05) is 18.7 Å². The Kier molecular flexibility index (Phi) is 6.58. The lowest BCUT2D eigenvalue weighted by Gasteiger charge is -2.35. The van der Waals surface area contributed by atoms with Crippen molar-refractivity contribution in [2.24, 2.45) is 0 Å². The molecule has 1 atom stereocenters. The molecule has 1 unspecified atom stereocenters. The van der Waals surface area contributed by atoms with Crippen LogP contribution in [0.25, 0.3) is 0 Å². The molecule has 1 fully saturated rings. The third-order valence-corrected chi connectivity index (χ3v) is 5.75. The number of hydrogen-bond acceptors (Lipinski definition) is 5. The van der Waals surface area contributed by atoms with Crippen molar-refractivity contribution >= 4 is 34.1 Å². The lowest BCUT2D eigenvalue weighted by Crippen LogP contribution is -2.45. The predicted octanol–water partition coefficient (Wildman–Crippen LogP) is 3.27.